The molecule has 0 bridgehead atoms. The summed E-state index contributed by atoms with van der Waals surface area (Å²) in [5, 5.41) is 1.78. The van der Waals surface area contributed by atoms with Crippen LogP contribution < -0.4 is 9.47 Å². The van der Waals surface area contributed by atoms with Crippen LogP contribution in [0, 0.1) is 0 Å². The number of aryl methyl sites for hydroxylation is 1. The Balaban J connectivity index is 2.17. The molecule has 148 valence electrons. The van der Waals surface area contributed by atoms with Crippen LogP contribution in [0.3, 0.4) is 0 Å². The molecule has 0 amide bonds. The molecule has 2 aromatic rings. The molecule has 0 aliphatic carbocycles. The Morgan fingerprint density at radius 3 is 2.04 bits per heavy atom. The Kier molecular flexibility index (Phi) is 8.09. The van der Waals surface area contributed by atoms with E-state index in [9.17, 15) is 9.59 Å². The maximum absolute atomic E-state index is 11.1. The van der Waals surface area contributed by atoms with E-state index in [4.69, 9.17) is 18.9 Å². The van der Waals surface area contributed by atoms with E-state index in [1.165, 1.54) is 0 Å². The summed E-state index contributed by atoms with van der Waals surface area (Å²) in [4.78, 5) is 22.3. The lowest BCUT2D eigenvalue weighted by molar-refractivity contribution is -0.139. The zero-order chi connectivity index (χ0) is 20.4. The van der Waals surface area contributed by atoms with Crippen molar-refractivity contribution >= 4 is 22.7 Å². The fraction of sp³-hybridized carbons (Fsp3) is 0.273. The van der Waals surface area contributed by atoms with Gasteiger partial charge in [-0.1, -0.05) is 44.3 Å². The molecule has 6 nitrogen and oxygen atoms in total. The smallest absolute Gasteiger partial charge is 0.330 e. The average Bonchev–Trinajstić information content (AvgIpc) is 2.74. The SMILES string of the molecule is C=CC(=O)OCCOc1cc(CC)c(OCCOC(=O)C=C)c2ccccc12. The zero-order valence-electron chi connectivity index (χ0n) is 15.9. The Bertz CT molecular complexity index is 855. The van der Waals surface area contributed by atoms with E-state index in [0.29, 0.717) is 5.75 Å². The van der Waals surface area contributed by atoms with Crippen molar-refractivity contribution in [2.45, 2.75) is 13.3 Å². The van der Waals surface area contributed by atoms with Gasteiger partial charge in [0.25, 0.3) is 0 Å². The van der Waals surface area contributed by atoms with Crippen molar-refractivity contribution in [2.75, 3.05) is 26.4 Å². The first-order valence-electron chi connectivity index (χ1n) is 8.99. The molecule has 2 aromatic carbocycles. The number of fused-ring (bicyclic) bond motifs is 1. The van der Waals surface area contributed by atoms with Crippen LogP contribution in [0.5, 0.6) is 11.5 Å². The number of carbonyl (C=O) groups is 2. The molecule has 0 N–H and O–H groups in total. The summed E-state index contributed by atoms with van der Waals surface area (Å²) in [6, 6.07) is 9.63. The van der Waals surface area contributed by atoms with Gasteiger partial charge in [0.05, 0.1) is 0 Å². The van der Waals surface area contributed by atoms with Crippen molar-refractivity contribution in [1.82, 2.24) is 0 Å². The van der Waals surface area contributed by atoms with Crippen LogP contribution in [-0.4, -0.2) is 38.4 Å². The molecule has 0 radical (unpaired) electrons. The molecule has 2 rings (SSSR count). The fourth-order valence-electron chi connectivity index (χ4n) is 2.62. The van der Waals surface area contributed by atoms with Gasteiger partial charge in [0, 0.05) is 22.9 Å². The summed E-state index contributed by atoms with van der Waals surface area (Å²) in [6.07, 6.45) is 2.96. The van der Waals surface area contributed by atoms with E-state index in [1.54, 1.807) is 0 Å². The second kappa shape index (κ2) is 10.8. The summed E-state index contributed by atoms with van der Waals surface area (Å²) in [5.74, 6) is 0.458. The highest BCUT2D eigenvalue weighted by atomic mass is 16.6. The predicted octanol–water partition coefficient (Wildman–Crippen LogP) is 3.62. The summed E-state index contributed by atoms with van der Waals surface area (Å²) in [7, 11) is 0. The van der Waals surface area contributed by atoms with E-state index in [2.05, 4.69) is 13.2 Å². The summed E-state index contributed by atoms with van der Waals surface area (Å²) >= 11 is 0. The Labute approximate surface area is 164 Å². The third-order valence-electron chi connectivity index (χ3n) is 3.91. The number of hydrogen-bond donors (Lipinski definition) is 0. The third kappa shape index (κ3) is 5.61. The summed E-state index contributed by atoms with van der Waals surface area (Å²) < 4.78 is 21.7. The van der Waals surface area contributed by atoms with Crippen molar-refractivity contribution < 1.29 is 28.5 Å². The molecule has 0 saturated heterocycles. The zero-order valence-corrected chi connectivity index (χ0v) is 15.9. The lowest BCUT2D eigenvalue weighted by Gasteiger charge is -2.17. The fourth-order valence-corrected chi connectivity index (χ4v) is 2.62. The Morgan fingerprint density at radius 1 is 0.893 bits per heavy atom. The number of carbonyl (C=O) groups excluding carboxylic acids is 2. The first-order chi connectivity index (χ1) is 13.6. The largest absolute Gasteiger partial charge is 0.489 e. The van der Waals surface area contributed by atoms with Gasteiger partial charge in [-0.2, -0.15) is 0 Å². The van der Waals surface area contributed by atoms with Gasteiger partial charge in [0.15, 0.2) is 0 Å². The van der Waals surface area contributed by atoms with Gasteiger partial charge in [-0.3, -0.25) is 0 Å². The van der Waals surface area contributed by atoms with E-state index in [-0.39, 0.29) is 26.4 Å². The highest BCUT2D eigenvalue weighted by molar-refractivity contribution is 5.94. The topological polar surface area (TPSA) is 71.1 Å². The van der Waals surface area contributed by atoms with Crippen LogP contribution >= 0.6 is 0 Å². The van der Waals surface area contributed by atoms with Gasteiger partial charge < -0.3 is 18.9 Å². The van der Waals surface area contributed by atoms with Crippen molar-refractivity contribution in [3.63, 3.8) is 0 Å². The average molecular weight is 384 g/mol. The lowest BCUT2D eigenvalue weighted by Crippen LogP contribution is -2.12. The van der Waals surface area contributed by atoms with Crippen LogP contribution in [-0.2, 0) is 25.5 Å². The summed E-state index contributed by atoms with van der Waals surface area (Å²) in [5.41, 5.74) is 0.965. The maximum atomic E-state index is 11.1. The number of hydrogen-bond acceptors (Lipinski definition) is 6. The highest BCUT2D eigenvalue weighted by Gasteiger charge is 2.14. The molecule has 0 heterocycles. The van der Waals surface area contributed by atoms with Crippen LogP contribution in [0.15, 0.2) is 55.6 Å². The predicted molar refractivity (Wildman–Crippen MR) is 107 cm³/mol. The van der Waals surface area contributed by atoms with Crippen molar-refractivity contribution in [2.24, 2.45) is 0 Å². The Hall–Kier alpha value is -3.28. The minimum atomic E-state index is -0.483. The second-order valence-corrected chi connectivity index (χ2v) is 5.70. The number of rotatable bonds is 11. The molecule has 0 unspecified atom stereocenters. The Morgan fingerprint density at radius 2 is 1.46 bits per heavy atom. The number of ether oxygens (including phenoxy) is 4. The van der Waals surface area contributed by atoms with Gasteiger partial charge in [-0.05, 0) is 18.1 Å². The standard InChI is InChI=1S/C22H24O6/c1-4-16-15-19(25-11-12-26-20(23)5-2)17-9-7-8-10-18(17)22(16)28-14-13-27-21(24)6-3/h5-10,15H,2-4,11-14H2,1H3. The normalized spacial score (nSPS) is 10.2. The monoisotopic (exact) mass is 384 g/mol. The molecule has 0 atom stereocenters. The minimum Gasteiger partial charge on any atom is -0.489 e. The maximum Gasteiger partial charge on any atom is 0.330 e. The van der Waals surface area contributed by atoms with E-state index in [1.807, 2.05) is 37.3 Å². The molecule has 0 aromatic heterocycles. The molecule has 0 aliphatic heterocycles. The van der Waals surface area contributed by atoms with Crippen LogP contribution in [0.1, 0.15) is 12.5 Å². The van der Waals surface area contributed by atoms with Gasteiger partial charge in [0.1, 0.15) is 37.9 Å². The third-order valence-corrected chi connectivity index (χ3v) is 3.91. The van der Waals surface area contributed by atoms with E-state index < -0.39 is 11.9 Å². The highest BCUT2D eigenvalue weighted by Crippen LogP contribution is 2.37. The second-order valence-electron chi connectivity index (χ2n) is 5.70. The van der Waals surface area contributed by atoms with Gasteiger partial charge >= 0.3 is 11.9 Å². The van der Waals surface area contributed by atoms with Gasteiger partial charge in [-0.15, -0.1) is 0 Å². The van der Waals surface area contributed by atoms with Crippen LogP contribution in [0.4, 0.5) is 0 Å². The minimum absolute atomic E-state index is 0.133. The molecule has 28 heavy (non-hydrogen) atoms. The van der Waals surface area contributed by atoms with Crippen LogP contribution in [0.2, 0.25) is 0 Å². The number of benzene rings is 2. The number of esters is 2. The van der Waals surface area contributed by atoms with E-state index in [0.717, 1.165) is 40.7 Å². The first kappa shape index (κ1) is 21.0. The molecule has 0 aliphatic rings. The first-order valence-corrected chi connectivity index (χ1v) is 8.99. The molecule has 0 fully saturated rings. The van der Waals surface area contributed by atoms with E-state index >= 15 is 0 Å². The van der Waals surface area contributed by atoms with Crippen molar-refractivity contribution in [3.8, 4) is 11.5 Å². The molecule has 6 heteroatoms. The van der Waals surface area contributed by atoms with Gasteiger partial charge in [0.2, 0.25) is 0 Å². The van der Waals surface area contributed by atoms with Crippen molar-refractivity contribution in [3.05, 3.63) is 61.2 Å². The van der Waals surface area contributed by atoms with Crippen molar-refractivity contribution in [1.29, 1.82) is 0 Å². The lowest BCUT2D eigenvalue weighted by atomic mass is 10.0. The molecular formula is C22H24O6. The molecule has 0 saturated carbocycles. The van der Waals surface area contributed by atoms with Gasteiger partial charge in [-0.25, -0.2) is 9.59 Å². The summed E-state index contributed by atoms with van der Waals surface area (Å²) in [6.45, 7) is 9.45. The molecule has 0 spiro atoms. The van der Waals surface area contributed by atoms with Crippen LogP contribution in [0.25, 0.3) is 10.8 Å². The quantitative estimate of drug-likeness (QED) is 0.335. The molecular weight excluding hydrogens is 360 g/mol.